The van der Waals surface area contributed by atoms with Gasteiger partial charge in [-0.25, -0.2) is 0 Å². The fraction of sp³-hybridized carbons (Fsp3) is 0.476. The van der Waals surface area contributed by atoms with Gasteiger partial charge in [0.2, 0.25) is 0 Å². The molecule has 4 nitrogen and oxygen atoms in total. The van der Waals surface area contributed by atoms with Gasteiger partial charge in [0.05, 0.1) is 23.4 Å². The van der Waals surface area contributed by atoms with Crippen LogP contribution in [-0.2, 0) is 11.2 Å². The van der Waals surface area contributed by atoms with E-state index in [-0.39, 0.29) is 0 Å². The molecule has 0 radical (unpaired) electrons. The molecule has 0 spiro atoms. The first-order chi connectivity index (χ1) is 13.1. The lowest BCUT2D eigenvalue weighted by Gasteiger charge is -2.15. The number of ether oxygens (including phenoxy) is 1. The van der Waals surface area contributed by atoms with Crippen LogP contribution >= 0.6 is 23.2 Å². The van der Waals surface area contributed by atoms with Gasteiger partial charge >= 0.3 is 0 Å². The van der Waals surface area contributed by atoms with Crippen molar-refractivity contribution in [3.05, 3.63) is 57.8 Å². The molecule has 0 saturated carbocycles. The van der Waals surface area contributed by atoms with Gasteiger partial charge in [0.1, 0.15) is 0 Å². The predicted octanol–water partition coefficient (Wildman–Crippen LogP) is 5.60. The van der Waals surface area contributed by atoms with E-state index in [2.05, 4.69) is 4.98 Å². The third-order valence-electron chi connectivity index (χ3n) is 4.48. The molecule has 3 N–H and O–H groups in total. The average Bonchev–Trinajstić information content (AvgIpc) is 2.66. The van der Waals surface area contributed by atoms with Gasteiger partial charge in [0.15, 0.2) is 0 Å². The zero-order valence-electron chi connectivity index (χ0n) is 15.5. The highest BCUT2D eigenvalue weighted by Gasteiger charge is 2.14. The molecular formula is C21H28Cl2N2O2. The Balaban J connectivity index is 1.50. The van der Waals surface area contributed by atoms with Crippen molar-refractivity contribution < 1.29 is 9.84 Å². The SMILES string of the molecule is Nc1c(Cl)cc(Cl)cc1C(O)CCCCCCCOCCc1ccccn1. The highest BCUT2D eigenvalue weighted by molar-refractivity contribution is 6.36. The number of aliphatic hydroxyl groups excluding tert-OH is 1. The first-order valence-electron chi connectivity index (χ1n) is 9.48. The van der Waals surface area contributed by atoms with Crippen LogP contribution in [0.3, 0.4) is 0 Å². The van der Waals surface area contributed by atoms with Crippen LogP contribution in [0.4, 0.5) is 5.69 Å². The summed E-state index contributed by atoms with van der Waals surface area (Å²) in [6.45, 7) is 1.50. The van der Waals surface area contributed by atoms with Crippen LogP contribution in [0.2, 0.25) is 10.0 Å². The van der Waals surface area contributed by atoms with Gasteiger partial charge in [-0.3, -0.25) is 4.98 Å². The minimum absolute atomic E-state index is 0.389. The first kappa shape index (κ1) is 22.0. The molecule has 0 aliphatic carbocycles. The van der Waals surface area contributed by atoms with Crippen LogP contribution in [0.1, 0.15) is 55.9 Å². The van der Waals surface area contributed by atoms with Crippen molar-refractivity contribution in [3.63, 3.8) is 0 Å². The standard InChI is InChI=1S/C21H28Cl2N2O2/c22-16-14-18(21(24)19(23)15-16)20(26)9-4-2-1-3-7-12-27-13-10-17-8-5-6-11-25-17/h5-6,8,11,14-15,20,26H,1-4,7,9-10,12-13,24H2. The molecular weight excluding hydrogens is 383 g/mol. The lowest BCUT2D eigenvalue weighted by atomic mass is 10.0. The number of aromatic nitrogens is 1. The zero-order chi connectivity index (χ0) is 19.5. The average molecular weight is 411 g/mol. The summed E-state index contributed by atoms with van der Waals surface area (Å²) in [6.07, 6.45) is 8.01. The van der Waals surface area contributed by atoms with E-state index in [4.69, 9.17) is 33.7 Å². The molecule has 148 valence electrons. The zero-order valence-corrected chi connectivity index (χ0v) is 17.1. The van der Waals surface area contributed by atoms with E-state index in [0.29, 0.717) is 34.3 Å². The molecule has 0 bridgehead atoms. The number of nitrogens with two attached hydrogens (primary N) is 1. The summed E-state index contributed by atoms with van der Waals surface area (Å²) in [4.78, 5) is 4.27. The number of nitrogens with zero attached hydrogens (tertiary/aromatic N) is 1. The minimum Gasteiger partial charge on any atom is -0.397 e. The van der Waals surface area contributed by atoms with Crippen LogP contribution in [0.5, 0.6) is 0 Å². The van der Waals surface area contributed by atoms with Crippen LogP contribution < -0.4 is 5.73 Å². The van der Waals surface area contributed by atoms with E-state index in [1.165, 1.54) is 0 Å². The third kappa shape index (κ3) is 8.06. The number of halogens is 2. The second kappa shape index (κ2) is 12.2. The fourth-order valence-corrected chi connectivity index (χ4v) is 3.44. The van der Waals surface area contributed by atoms with E-state index in [1.807, 2.05) is 24.4 Å². The lowest BCUT2D eigenvalue weighted by Crippen LogP contribution is -2.03. The van der Waals surface area contributed by atoms with Crippen LogP contribution in [0.25, 0.3) is 0 Å². The van der Waals surface area contributed by atoms with Gasteiger partial charge in [0, 0.05) is 35.5 Å². The van der Waals surface area contributed by atoms with Crippen molar-refractivity contribution in [2.45, 2.75) is 51.0 Å². The van der Waals surface area contributed by atoms with Gasteiger partial charge in [-0.1, -0.05) is 55.0 Å². The molecule has 0 saturated heterocycles. The molecule has 1 unspecified atom stereocenters. The predicted molar refractivity (Wildman–Crippen MR) is 112 cm³/mol. The summed E-state index contributed by atoms with van der Waals surface area (Å²) in [5.41, 5.74) is 8.03. The van der Waals surface area contributed by atoms with Crippen molar-refractivity contribution in [2.75, 3.05) is 18.9 Å². The Labute approximate surface area is 171 Å². The molecule has 0 amide bonds. The summed E-state index contributed by atoms with van der Waals surface area (Å²) in [5.74, 6) is 0. The number of hydrogen-bond acceptors (Lipinski definition) is 4. The second-order valence-corrected chi connectivity index (χ2v) is 7.49. The first-order valence-corrected chi connectivity index (χ1v) is 10.2. The van der Waals surface area contributed by atoms with Crippen molar-refractivity contribution >= 4 is 28.9 Å². The third-order valence-corrected chi connectivity index (χ3v) is 5.01. The Morgan fingerprint density at radius 2 is 1.81 bits per heavy atom. The molecule has 0 aliphatic heterocycles. The summed E-state index contributed by atoms with van der Waals surface area (Å²) >= 11 is 12.0. The Hall–Kier alpha value is -1.33. The molecule has 1 aromatic heterocycles. The molecule has 27 heavy (non-hydrogen) atoms. The number of nitrogen functional groups attached to an aromatic ring is 1. The number of aliphatic hydroxyl groups is 1. The maximum absolute atomic E-state index is 10.3. The maximum atomic E-state index is 10.3. The van der Waals surface area contributed by atoms with Crippen molar-refractivity contribution in [1.82, 2.24) is 4.98 Å². The van der Waals surface area contributed by atoms with E-state index in [0.717, 1.165) is 50.8 Å². The number of rotatable bonds is 12. The van der Waals surface area contributed by atoms with Crippen LogP contribution in [0.15, 0.2) is 36.5 Å². The highest BCUT2D eigenvalue weighted by atomic mass is 35.5. The summed E-state index contributed by atoms with van der Waals surface area (Å²) < 4.78 is 5.66. The molecule has 6 heteroatoms. The van der Waals surface area contributed by atoms with E-state index in [1.54, 1.807) is 12.1 Å². The van der Waals surface area contributed by atoms with Gasteiger partial charge in [0.25, 0.3) is 0 Å². The quantitative estimate of drug-likeness (QED) is 0.352. The molecule has 1 aromatic carbocycles. The summed E-state index contributed by atoms with van der Waals surface area (Å²) in [7, 11) is 0. The number of hydrogen-bond donors (Lipinski definition) is 2. The van der Waals surface area contributed by atoms with Crippen LogP contribution in [0, 0.1) is 0 Å². The monoisotopic (exact) mass is 410 g/mol. The topological polar surface area (TPSA) is 68.4 Å². The lowest BCUT2D eigenvalue weighted by molar-refractivity contribution is 0.132. The fourth-order valence-electron chi connectivity index (χ4n) is 2.93. The molecule has 0 fully saturated rings. The Kier molecular flexibility index (Phi) is 9.92. The largest absolute Gasteiger partial charge is 0.397 e. The Morgan fingerprint density at radius 3 is 2.59 bits per heavy atom. The van der Waals surface area contributed by atoms with E-state index < -0.39 is 6.10 Å². The summed E-state index contributed by atoms with van der Waals surface area (Å²) in [6, 6.07) is 9.21. The van der Waals surface area contributed by atoms with Gasteiger partial charge in [-0.05, 0) is 37.1 Å². The van der Waals surface area contributed by atoms with E-state index >= 15 is 0 Å². The number of anilines is 1. The van der Waals surface area contributed by atoms with Crippen molar-refractivity contribution in [1.29, 1.82) is 0 Å². The number of pyridine rings is 1. The van der Waals surface area contributed by atoms with E-state index in [9.17, 15) is 5.11 Å². The molecule has 2 aromatic rings. The molecule has 2 rings (SSSR count). The number of benzene rings is 1. The summed E-state index contributed by atoms with van der Waals surface area (Å²) in [5, 5.41) is 11.2. The van der Waals surface area contributed by atoms with Crippen molar-refractivity contribution in [2.24, 2.45) is 0 Å². The smallest absolute Gasteiger partial charge is 0.0811 e. The van der Waals surface area contributed by atoms with Crippen LogP contribution in [-0.4, -0.2) is 23.3 Å². The van der Waals surface area contributed by atoms with Crippen molar-refractivity contribution in [3.8, 4) is 0 Å². The Morgan fingerprint density at radius 1 is 1.04 bits per heavy atom. The van der Waals surface area contributed by atoms with Gasteiger partial charge in [-0.2, -0.15) is 0 Å². The second-order valence-electron chi connectivity index (χ2n) is 6.65. The van der Waals surface area contributed by atoms with Gasteiger partial charge < -0.3 is 15.6 Å². The number of unbranched alkanes of at least 4 members (excludes halogenated alkanes) is 4. The highest BCUT2D eigenvalue weighted by Crippen LogP contribution is 2.33. The normalized spacial score (nSPS) is 12.3. The molecule has 0 aliphatic rings. The molecule has 1 atom stereocenters. The Bertz CT molecular complexity index is 683. The van der Waals surface area contributed by atoms with Gasteiger partial charge in [-0.15, -0.1) is 0 Å². The molecule has 1 heterocycles. The maximum Gasteiger partial charge on any atom is 0.0811 e. The minimum atomic E-state index is -0.629.